The minimum atomic E-state index is -0.870. The summed E-state index contributed by atoms with van der Waals surface area (Å²) in [5.41, 5.74) is 1.28. The van der Waals surface area contributed by atoms with Crippen LogP contribution in [0.5, 0.6) is 0 Å². The maximum Gasteiger partial charge on any atom is 0.317 e. The van der Waals surface area contributed by atoms with E-state index in [2.05, 4.69) is 29.4 Å². The zero-order valence-electron chi connectivity index (χ0n) is 16.8. The molecule has 0 spiro atoms. The molecule has 1 unspecified atom stereocenters. The summed E-state index contributed by atoms with van der Waals surface area (Å²) in [6.45, 7) is 4.37. The van der Waals surface area contributed by atoms with E-state index in [1.54, 1.807) is 16.8 Å². The second-order valence-electron chi connectivity index (χ2n) is 7.34. The first kappa shape index (κ1) is 22.1. The first-order valence-corrected chi connectivity index (χ1v) is 9.71. The number of morpholine rings is 1. The molecule has 0 saturated carbocycles. The van der Waals surface area contributed by atoms with Crippen molar-refractivity contribution < 1.29 is 19.4 Å². The summed E-state index contributed by atoms with van der Waals surface area (Å²) in [5.74, 6) is -0.870. The molecule has 1 saturated heterocycles. The smallest absolute Gasteiger partial charge is 0.317 e. The van der Waals surface area contributed by atoms with Gasteiger partial charge in [-0.3, -0.25) is 9.69 Å². The molecule has 1 aliphatic heterocycles. The molecule has 156 valence electrons. The topological polar surface area (TPSA) is 85.4 Å². The Bertz CT molecular complexity index is 613. The molecular formula is C20H32N4O4. The van der Waals surface area contributed by atoms with Crippen LogP contribution in [0.25, 0.3) is 0 Å². The fraction of sp³-hybridized carbons (Fsp3) is 0.600. The van der Waals surface area contributed by atoms with Gasteiger partial charge in [-0.1, -0.05) is 30.3 Å². The highest BCUT2D eigenvalue weighted by atomic mass is 16.5. The molecule has 1 heterocycles. The Morgan fingerprint density at radius 3 is 2.71 bits per heavy atom. The number of aliphatic carboxylic acids is 1. The number of carboxylic acid groups (broad SMARTS) is 1. The Hall–Kier alpha value is -2.16. The highest BCUT2D eigenvalue weighted by Gasteiger charge is 2.25. The highest BCUT2D eigenvalue weighted by Crippen LogP contribution is 2.07. The number of ether oxygens (including phenoxy) is 1. The lowest BCUT2D eigenvalue weighted by molar-refractivity contribution is -0.138. The van der Waals surface area contributed by atoms with Crippen molar-refractivity contribution in [2.45, 2.75) is 19.1 Å². The van der Waals surface area contributed by atoms with Crippen LogP contribution in [0.2, 0.25) is 0 Å². The maximum absolute atomic E-state index is 12.4. The first-order chi connectivity index (χ1) is 13.4. The van der Waals surface area contributed by atoms with Gasteiger partial charge >= 0.3 is 12.0 Å². The Morgan fingerprint density at radius 2 is 2.00 bits per heavy atom. The van der Waals surface area contributed by atoms with Crippen molar-refractivity contribution >= 4 is 12.0 Å². The average molecular weight is 393 g/mol. The molecule has 2 rings (SSSR count). The van der Waals surface area contributed by atoms with Crippen LogP contribution in [-0.2, 0) is 16.1 Å². The largest absolute Gasteiger partial charge is 0.480 e. The van der Waals surface area contributed by atoms with Gasteiger partial charge in [-0.2, -0.15) is 0 Å². The molecule has 0 aliphatic carbocycles. The van der Waals surface area contributed by atoms with Gasteiger partial charge in [-0.15, -0.1) is 0 Å². The van der Waals surface area contributed by atoms with Gasteiger partial charge < -0.3 is 25.0 Å². The van der Waals surface area contributed by atoms with Gasteiger partial charge in [0.25, 0.3) is 0 Å². The van der Waals surface area contributed by atoms with E-state index in [0.717, 1.165) is 19.5 Å². The van der Waals surface area contributed by atoms with Crippen molar-refractivity contribution in [1.82, 2.24) is 20.0 Å². The van der Waals surface area contributed by atoms with Crippen molar-refractivity contribution in [3.8, 4) is 0 Å². The number of carbonyl (C=O) groups excluding carboxylic acids is 1. The summed E-state index contributed by atoms with van der Waals surface area (Å²) in [4.78, 5) is 28.8. The molecule has 1 fully saturated rings. The fourth-order valence-corrected chi connectivity index (χ4v) is 3.29. The van der Waals surface area contributed by atoms with Gasteiger partial charge in [0.1, 0.15) is 0 Å². The van der Waals surface area contributed by atoms with Crippen LogP contribution < -0.4 is 5.32 Å². The number of benzene rings is 1. The molecule has 28 heavy (non-hydrogen) atoms. The minimum absolute atomic E-state index is 0.0391. The van der Waals surface area contributed by atoms with Gasteiger partial charge in [0, 0.05) is 32.7 Å². The lowest BCUT2D eigenvalue weighted by Crippen LogP contribution is -2.52. The van der Waals surface area contributed by atoms with Crippen LogP contribution in [0.15, 0.2) is 30.3 Å². The second kappa shape index (κ2) is 11.6. The minimum Gasteiger partial charge on any atom is -0.480 e. The van der Waals surface area contributed by atoms with Crippen molar-refractivity contribution in [2.24, 2.45) is 0 Å². The van der Waals surface area contributed by atoms with Gasteiger partial charge in [-0.05, 0) is 32.6 Å². The van der Waals surface area contributed by atoms with Crippen molar-refractivity contribution in [2.75, 3.05) is 60.0 Å². The van der Waals surface area contributed by atoms with Crippen molar-refractivity contribution in [3.63, 3.8) is 0 Å². The summed E-state index contributed by atoms with van der Waals surface area (Å²) < 4.78 is 5.66. The Kier molecular flexibility index (Phi) is 9.19. The van der Waals surface area contributed by atoms with Crippen LogP contribution in [-0.4, -0.2) is 97.9 Å². The molecule has 1 aromatic rings. The van der Waals surface area contributed by atoms with Gasteiger partial charge in [-0.25, -0.2) is 4.79 Å². The van der Waals surface area contributed by atoms with E-state index in [0.29, 0.717) is 32.8 Å². The number of rotatable bonds is 10. The standard InChI is InChI=1S/C20H32N4O4/c1-22(13-17-7-4-3-5-8-17)10-6-9-21-20(27)24-11-12-28-18(15-24)14-23(2)16-19(25)26/h3-5,7-8,18H,6,9-16H2,1-2H3,(H,21,27)(H,25,26). The number of nitrogens with zero attached hydrogens (tertiary/aromatic N) is 3. The molecular weight excluding hydrogens is 360 g/mol. The molecule has 1 atom stereocenters. The van der Waals surface area contributed by atoms with Crippen LogP contribution in [0.4, 0.5) is 4.79 Å². The van der Waals surface area contributed by atoms with E-state index in [9.17, 15) is 9.59 Å². The van der Waals surface area contributed by atoms with Gasteiger partial charge in [0.05, 0.1) is 19.3 Å². The summed E-state index contributed by atoms with van der Waals surface area (Å²) in [5, 5.41) is 11.8. The summed E-state index contributed by atoms with van der Waals surface area (Å²) in [6.07, 6.45) is 0.713. The second-order valence-corrected chi connectivity index (χ2v) is 7.34. The predicted molar refractivity (Wildman–Crippen MR) is 107 cm³/mol. The van der Waals surface area contributed by atoms with Crippen LogP contribution in [0, 0.1) is 0 Å². The molecule has 2 amide bonds. The zero-order valence-corrected chi connectivity index (χ0v) is 16.8. The SMILES string of the molecule is CN(CCCNC(=O)N1CCOC(CN(C)CC(=O)O)C1)Cc1ccccc1. The summed E-state index contributed by atoms with van der Waals surface area (Å²) in [7, 11) is 3.82. The van der Waals surface area contributed by atoms with Gasteiger partial charge in [0.15, 0.2) is 0 Å². The van der Waals surface area contributed by atoms with E-state index >= 15 is 0 Å². The van der Waals surface area contributed by atoms with E-state index in [1.807, 2.05) is 18.2 Å². The predicted octanol–water partition coefficient (Wildman–Crippen LogP) is 0.935. The molecule has 1 aromatic carbocycles. The number of carbonyl (C=O) groups is 2. The number of hydrogen-bond acceptors (Lipinski definition) is 5. The molecule has 0 bridgehead atoms. The number of nitrogens with one attached hydrogen (secondary N) is 1. The Labute approximate surface area is 167 Å². The lowest BCUT2D eigenvalue weighted by atomic mass is 10.2. The van der Waals surface area contributed by atoms with Crippen LogP contribution in [0.1, 0.15) is 12.0 Å². The number of amides is 2. The monoisotopic (exact) mass is 392 g/mol. The van der Waals surface area contributed by atoms with Crippen LogP contribution >= 0.6 is 0 Å². The van der Waals surface area contributed by atoms with Crippen molar-refractivity contribution in [3.05, 3.63) is 35.9 Å². The van der Waals surface area contributed by atoms with E-state index < -0.39 is 5.97 Å². The third-order valence-corrected chi connectivity index (χ3v) is 4.63. The normalized spacial score (nSPS) is 17.1. The number of hydrogen-bond donors (Lipinski definition) is 2. The number of urea groups is 1. The summed E-state index contributed by atoms with van der Waals surface area (Å²) in [6, 6.07) is 10.2. The fourth-order valence-electron chi connectivity index (χ4n) is 3.29. The maximum atomic E-state index is 12.4. The van der Waals surface area contributed by atoms with Gasteiger partial charge in [0.2, 0.25) is 0 Å². The zero-order chi connectivity index (χ0) is 20.4. The van der Waals surface area contributed by atoms with E-state index in [-0.39, 0.29) is 18.7 Å². The first-order valence-electron chi connectivity index (χ1n) is 9.71. The average Bonchev–Trinajstić information content (AvgIpc) is 2.65. The quantitative estimate of drug-likeness (QED) is 0.577. The lowest BCUT2D eigenvalue weighted by Gasteiger charge is -2.34. The molecule has 2 N–H and O–H groups in total. The molecule has 8 nitrogen and oxygen atoms in total. The molecule has 0 aromatic heterocycles. The highest BCUT2D eigenvalue weighted by molar-refractivity contribution is 5.74. The van der Waals surface area contributed by atoms with E-state index in [1.165, 1.54) is 5.56 Å². The van der Waals surface area contributed by atoms with Crippen LogP contribution in [0.3, 0.4) is 0 Å². The molecule has 1 aliphatic rings. The Balaban J connectivity index is 1.63. The van der Waals surface area contributed by atoms with E-state index in [4.69, 9.17) is 9.84 Å². The number of likely N-dealkylation sites (N-methyl/N-ethyl adjacent to an activating group) is 1. The third kappa shape index (κ3) is 8.24. The van der Waals surface area contributed by atoms with Crippen molar-refractivity contribution in [1.29, 1.82) is 0 Å². The Morgan fingerprint density at radius 1 is 1.25 bits per heavy atom. The third-order valence-electron chi connectivity index (χ3n) is 4.63. The summed E-state index contributed by atoms with van der Waals surface area (Å²) >= 11 is 0. The molecule has 8 heteroatoms. The molecule has 0 radical (unpaired) electrons. The number of carboxylic acids is 1.